The Labute approximate surface area is 134 Å². The summed E-state index contributed by atoms with van der Waals surface area (Å²) in [5, 5.41) is 2.71. The number of rotatable bonds is 3. The number of aromatic nitrogens is 1. The van der Waals surface area contributed by atoms with Gasteiger partial charge in [0.2, 0.25) is 0 Å². The van der Waals surface area contributed by atoms with Crippen molar-refractivity contribution >= 4 is 53.5 Å². The van der Waals surface area contributed by atoms with Crippen LogP contribution in [0.5, 0.6) is 0 Å². The van der Waals surface area contributed by atoms with Gasteiger partial charge < -0.3 is 5.32 Å². The molecule has 0 bridgehead atoms. The smallest absolute Gasteiger partial charge is 0.150 e. The normalized spacial score (nSPS) is 10.6. The van der Waals surface area contributed by atoms with Crippen molar-refractivity contribution in [3.05, 3.63) is 55.1 Å². The van der Waals surface area contributed by atoms with Crippen LogP contribution < -0.4 is 5.32 Å². The van der Waals surface area contributed by atoms with Crippen LogP contribution in [-0.4, -0.2) is 4.98 Å². The van der Waals surface area contributed by atoms with Gasteiger partial charge >= 0.3 is 0 Å². The van der Waals surface area contributed by atoms with Gasteiger partial charge in [-0.2, -0.15) is 0 Å². The quantitative estimate of drug-likeness (QED) is 0.681. The summed E-state index contributed by atoms with van der Waals surface area (Å²) in [7, 11) is 0. The number of anilines is 1. The van der Waals surface area contributed by atoms with Crippen LogP contribution in [0.25, 0.3) is 0 Å². The molecule has 0 spiro atoms. The molecule has 19 heavy (non-hydrogen) atoms. The Bertz CT molecular complexity index is 597. The van der Waals surface area contributed by atoms with Crippen LogP contribution in [0.4, 0.5) is 14.5 Å². The molecule has 2 nitrogen and oxygen atoms in total. The summed E-state index contributed by atoms with van der Waals surface area (Å²) in [4.78, 5) is 4.16. The van der Waals surface area contributed by atoms with Crippen LogP contribution in [0, 0.1) is 11.6 Å². The molecule has 0 aliphatic carbocycles. The number of halogens is 5. The van der Waals surface area contributed by atoms with E-state index in [1.165, 1.54) is 12.1 Å². The van der Waals surface area contributed by atoms with E-state index in [0.717, 1.165) is 8.95 Å². The van der Waals surface area contributed by atoms with Crippen LogP contribution in [0.3, 0.4) is 0 Å². The van der Waals surface area contributed by atoms with E-state index in [0.29, 0.717) is 10.2 Å². The first-order valence-corrected chi connectivity index (χ1v) is 7.53. The molecule has 0 amide bonds. The molecular formula is C12H7Br3F2N2. The molecule has 0 saturated heterocycles. The van der Waals surface area contributed by atoms with Crippen molar-refractivity contribution in [2.45, 2.75) is 6.54 Å². The van der Waals surface area contributed by atoms with E-state index < -0.39 is 11.6 Å². The minimum absolute atomic E-state index is 0.167. The van der Waals surface area contributed by atoms with Gasteiger partial charge in [0.05, 0.1) is 12.2 Å². The third-order valence-corrected chi connectivity index (χ3v) is 3.90. The highest BCUT2D eigenvalue weighted by atomic mass is 79.9. The Balaban J connectivity index is 2.19. The molecule has 1 aromatic carbocycles. The zero-order valence-electron chi connectivity index (χ0n) is 9.35. The lowest BCUT2D eigenvalue weighted by molar-refractivity contribution is 0.586. The maximum absolute atomic E-state index is 13.6. The van der Waals surface area contributed by atoms with Gasteiger partial charge in [0.15, 0.2) is 0 Å². The molecule has 0 aliphatic rings. The minimum atomic E-state index is -0.653. The molecule has 1 aromatic heterocycles. The van der Waals surface area contributed by atoms with Gasteiger partial charge in [0.25, 0.3) is 0 Å². The maximum Gasteiger partial charge on any atom is 0.150 e. The number of hydrogen-bond acceptors (Lipinski definition) is 2. The highest BCUT2D eigenvalue weighted by molar-refractivity contribution is 9.11. The molecule has 1 heterocycles. The Morgan fingerprint density at radius 3 is 2.21 bits per heavy atom. The van der Waals surface area contributed by atoms with Gasteiger partial charge in [-0.1, -0.05) is 15.9 Å². The van der Waals surface area contributed by atoms with E-state index in [2.05, 4.69) is 58.1 Å². The van der Waals surface area contributed by atoms with Crippen molar-refractivity contribution in [1.82, 2.24) is 4.98 Å². The third-order valence-electron chi connectivity index (χ3n) is 2.32. The molecule has 0 unspecified atom stereocenters. The molecule has 100 valence electrons. The van der Waals surface area contributed by atoms with E-state index in [1.807, 2.05) is 6.07 Å². The van der Waals surface area contributed by atoms with Crippen molar-refractivity contribution in [2.24, 2.45) is 0 Å². The highest BCUT2D eigenvalue weighted by Gasteiger charge is 2.11. The fourth-order valence-corrected chi connectivity index (χ4v) is 2.99. The van der Waals surface area contributed by atoms with Gasteiger partial charge in [-0.05, 0) is 50.1 Å². The van der Waals surface area contributed by atoms with Crippen molar-refractivity contribution < 1.29 is 8.78 Å². The molecule has 2 aromatic rings. The zero-order chi connectivity index (χ0) is 14.0. The number of nitrogens with one attached hydrogen (secondary N) is 1. The second-order valence-electron chi connectivity index (χ2n) is 3.68. The number of nitrogens with zero attached hydrogens (tertiary/aromatic N) is 1. The van der Waals surface area contributed by atoms with E-state index >= 15 is 0 Å². The van der Waals surface area contributed by atoms with E-state index in [4.69, 9.17) is 0 Å². The van der Waals surface area contributed by atoms with Crippen molar-refractivity contribution in [3.63, 3.8) is 0 Å². The fourth-order valence-electron chi connectivity index (χ4n) is 1.46. The summed E-state index contributed by atoms with van der Waals surface area (Å²) in [5.41, 5.74) is 0.490. The first-order valence-electron chi connectivity index (χ1n) is 5.15. The van der Waals surface area contributed by atoms with Crippen LogP contribution in [0.2, 0.25) is 0 Å². The molecule has 0 radical (unpaired) electrons. The number of hydrogen-bond donors (Lipinski definition) is 1. The fraction of sp³-hybridized carbons (Fsp3) is 0.0833. The summed E-state index contributed by atoms with van der Waals surface area (Å²) in [5.74, 6) is -1.31. The second-order valence-corrected chi connectivity index (χ2v) is 6.37. The summed E-state index contributed by atoms with van der Waals surface area (Å²) < 4.78 is 29.2. The van der Waals surface area contributed by atoms with E-state index in [-0.39, 0.29) is 12.2 Å². The van der Waals surface area contributed by atoms with Crippen molar-refractivity contribution in [2.75, 3.05) is 5.32 Å². The van der Waals surface area contributed by atoms with Gasteiger partial charge in [0, 0.05) is 19.6 Å². The number of pyridine rings is 1. The average Bonchev–Trinajstić information content (AvgIpc) is 2.30. The molecule has 7 heteroatoms. The maximum atomic E-state index is 13.6. The molecule has 2 rings (SSSR count). The van der Waals surface area contributed by atoms with Crippen molar-refractivity contribution in [1.29, 1.82) is 0 Å². The highest BCUT2D eigenvalue weighted by Crippen LogP contribution is 2.25. The van der Waals surface area contributed by atoms with E-state index in [9.17, 15) is 8.78 Å². The lowest BCUT2D eigenvalue weighted by Crippen LogP contribution is -2.06. The van der Waals surface area contributed by atoms with E-state index in [1.54, 1.807) is 6.20 Å². The SMILES string of the molecule is Fc1cc(Br)cc(F)c1NCc1ncc(Br)cc1Br. The predicted octanol–water partition coefficient (Wildman–Crippen LogP) is 5.26. The van der Waals surface area contributed by atoms with Gasteiger partial charge in [-0.15, -0.1) is 0 Å². The first-order chi connectivity index (χ1) is 8.97. The first kappa shape index (κ1) is 14.9. The average molecular weight is 457 g/mol. The Morgan fingerprint density at radius 1 is 1.00 bits per heavy atom. The lowest BCUT2D eigenvalue weighted by atomic mass is 10.2. The summed E-state index contributed by atoms with van der Waals surface area (Å²) >= 11 is 9.66. The molecule has 0 atom stereocenters. The molecule has 0 fully saturated rings. The predicted molar refractivity (Wildman–Crippen MR) is 81.0 cm³/mol. The summed E-state index contributed by atoms with van der Waals surface area (Å²) in [6.45, 7) is 0.212. The number of benzene rings is 1. The second kappa shape index (κ2) is 6.28. The summed E-state index contributed by atoms with van der Waals surface area (Å²) in [6, 6.07) is 4.23. The Morgan fingerprint density at radius 2 is 1.63 bits per heavy atom. The van der Waals surface area contributed by atoms with Crippen LogP contribution in [0.15, 0.2) is 37.8 Å². The zero-order valence-corrected chi connectivity index (χ0v) is 14.1. The van der Waals surface area contributed by atoms with Gasteiger partial charge in [0.1, 0.15) is 17.3 Å². The molecule has 0 aliphatic heterocycles. The van der Waals surface area contributed by atoms with Crippen LogP contribution in [-0.2, 0) is 6.54 Å². The monoisotopic (exact) mass is 454 g/mol. The molecule has 0 saturated carbocycles. The Kier molecular flexibility index (Phi) is 4.92. The lowest BCUT2D eigenvalue weighted by Gasteiger charge is -2.10. The minimum Gasteiger partial charge on any atom is -0.375 e. The standard InChI is InChI=1S/C12H7Br3F2N2/c13-6-2-9(16)12(10(17)3-6)19-5-11-8(15)1-7(14)4-18-11/h1-4,19H,5H2. The van der Waals surface area contributed by atoms with Crippen LogP contribution >= 0.6 is 47.8 Å². The van der Waals surface area contributed by atoms with Gasteiger partial charge in [-0.25, -0.2) is 8.78 Å². The topological polar surface area (TPSA) is 24.9 Å². The molecule has 1 N–H and O–H groups in total. The molecular weight excluding hydrogens is 450 g/mol. The van der Waals surface area contributed by atoms with Crippen LogP contribution in [0.1, 0.15) is 5.69 Å². The van der Waals surface area contributed by atoms with Crippen molar-refractivity contribution in [3.8, 4) is 0 Å². The largest absolute Gasteiger partial charge is 0.375 e. The third kappa shape index (κ3) is 3.73. The Hall–Kier alpha value is -0.530. The van der Waals surface area contributed by atoms with Gasteiger partial charge in [-0.3, -0.25) is 4.98 Å². The summed E-state index contributed by atoms with van der Waals surface area (Å²) in [6.07, 6.45) is 1.62.